The van der Waals surface area contributed by atoms with Crippen LogP contribution >= 0.6 is 66.7 Å². The molecule has 0 aromatic heterocycles. The van der Waals surface area contributed by atoms with Crippen molar-refractivity contribution in [2.75, 3.05) is 21.3 Å². The van der Waals surface area contributed by atoms with Gasteiger partial charge in [0.1, 0.15) is 17.2 Å². The number of aryl methyl sites for hydroxylation is 2. The molecule has 33 heavy (non-hydrogen) atoms. The summed E-state index contributed by atoms with van der Waals surface area (Å²) in [6, 6.07) is 15.0. The van der Waals surface area contributed by atoms with E-state index in [0.29, 0.717) is 5.02 Å². The SMILES string of the molecule is CCc1cc(Br)c(OC)cc1Cl.CCc1ccc(OC)cc1Cl.COc1ccc(Br)c(Cl)c1. The topological polar surface area (TPSA) is 27.7 Å². The van der Waals surface area contributed by atoms with Gasteiger partial charge in [-0.1, -0.05) is 54.7 Å². The van der Waals surface area contributed by atoms with E-state index in [1.54, 1.807) is 27.4 Å². The van der Waals surface area contributed by atoms with E-state index in [2.05, 4.69) is 45.7 Å². The number of ether oxygens (including phenoxy) is 3. The molecule has 0 aliphatic rings. The van der Waals surface area contributed by atoms with E-state index >= 15 is 0 Å². The first-order chi connectivity index (χ1) is 15.7. The maximum atomic E-state index is 5.98. The molecule has 0 heterocycles. The quantitative estimate of drug-likeness (QED) is 0.278. The number of benzene rings is 3. The highest BCUT2D eigenvalue weighted by Gasteiger charge is 2.05. The zero-order valence-corrected chi connectivity index (χ0v) is 24.6. The summed E-state index contributed by atoms with van der Waals surface area (Å²) in [6.07, 6.45) is 1.89. The Balaban J connectivity index is 0.000000249. The fourth-order valence-corrected chi connectivity index (χ4v) is 4.10. The van der Waals surface area contributed by atoms with Crippen LogP contribution in [0.15, 0.2) is 57.5 Å². The minimum absolute atomic E-state index is 0.666. The van der Waals surface area contributed by atoms with Gasteiger partial charge in [-0.2, -0.15) is 0 Å². The zero-order valence-electron chi connectivity index (χ0n) is 19.1. The normalized spacial score (nSPS) is 9.76. The highest BCUT2D eigenvalue weighted by atomic mass is 79.9. The van der Waals surface area contributed by atoms with Gasteiger partial charge in [-0.3, -0.25) is 0 Å². The molecule has 0 bridgehead atoms. The van der Waals surface area contributed by atoms with Gasteiger partial charge in [-0.25, -0.2) is 0 Å². The van der Waals surface area contributed by atoms with Gasteiger partial charge >= 0.3 is 0 Å². The van der Waals surface area contributed by atoms with Crippen molar-refractivity contribution >= 4 is 66.7 Å². The van der Waals surface area contributed by atoms with Crippen molar-refractivity contribution in [1.82, 2.24) is 0 Å². The monoisotopic (exact) mass is 638 g/mol. The molecule has 180 valence electrons. The molecule has 3 aromatic rings. The third-order valence-electron chi connectivity index (χ3n) is 4.47. The molecule has 3 rings (SSSR count). The summed E-state index contributed by atoms with van der Waals surface area (Å²) in [4.78, 5) is 0. The lowest BCUT2D eigenvalue weighted by atomic mass is 10.2. The van der Waals surface area contributed by atoms with Crippen LogP contribution in [0.4, 0.5) is 0 Å². The smallest absolute Gasteiger partial charge is 0.134 e. The second kappa shape index (κ2) is 15.7. The minimum Gasteiger partial charge on any atom is -0.497 e. The first-order valence-corrected chi connectivity index (χ1v) is 12.8. The predicted octanol–water partition coefficient (Wildman–Crippen LogP) is 9.70. The first kappa shape index (κ1) is 29.9. The zero-order chi connectivity index (χ0) is 25.0. The van der Waals surface area contributed by atoms with Crippen LogP contribution in [-0.2, 0) is 12.8 Å². The standard InChI is InChI=1S/C9H10BrClO.C9H11ClO.C7H6BrClO/c1-3-6-4-7(10)9(12-2)5-8(6)11;1-3-7-4-5-8(11-2)6-9(7)10;1-10-5-2-3-6(8)7(9)4-5/h4-5H,3H2,1-2H3;4-6H,3H2,1-2H3;2-4H,1H3. The number of rotatable bonds is 5. The number of methoxy groups -OCH3 is 3. The predicted molar refractivity (Wildman–Crippen MR) is 148 cm³/mol. The van der Waals surface area contributed by atoms with Crippen LogP contribution in [0, 0.1) is 0 Å². The van der Waals surface area contributed by atoms with Crippen molar-refractivity contribution < 1.29 is 14.2 Å². The summed E-state index contributed by atoms with van der Waals surface area (Å²) in [6.45, 7) is 4.15. The number of hydrogen-bond donors (Lipinski definition) is 0. The van der Waals surface area contributed by atoms with E-state index < -0.39 is 0 Å². The maximum Gasteiger partial charge on any atom is 0.134 e. The van der Waals surface area contributed by atoms with Crippen molar-refractivity contribution in [2.45, 2.75) is 26.7 Å². The Hall–Kier alpha value is -1.11. The van der Waals surface area contributed by atoms with Crippen LogP contribution in [0.25, 0.3) is 0 Å². The first-order valence-electron chi connectivity index (χ1n) is 10.0. The molecule has 0 amide bonds. The summed E-state index contributed by atoms with van der Waals surface area (Å²) in [5.41, 5.74) is 2.29. The van der Waals surface area contributed by atoms with Crippen LogP contribution in [0.5, 0.6) is 17.2 Å². The van der Waals surface area contributed by atoms with Crippen molar-refractivity contribution in [1.29, 1.82) is 0 Å². The highest BCUT2D eigenvalue weighted by Crippen LogP contribution is 2.31. The molecule has 3 nitrogen and oxygen atoms in total. The van der Waals surface area contributed by atoms with Gasteiger partial charge in [0.2, 0.25) is 0 Å². The van der Waals surface area contributed by atoms with Crippen molar-refractivity contribution in [3.8, 4) is 17.2 Å². The van der Waals surface area contributed by atoms with Crippen LogP contribution < -0.4 is 14.2 Å². The van der Waals surface area contributed by atoms with Crippen molar-refractivity contribution in [2.24, 2.45) is 0 Å². The van der Waals surface area contributed by atoms with E-state index in [0.717, 1.165) is 60.2 Å². The second-order valence-corrected chi connectivity index (χ2v) is 9.45. The van der Waals surface area contributed by atoms with E-state index in [1.807, 2.05) is 42.5 Å². The van der Waals surface area contributed by atoms with Gasteiger partial charge < -0.3 is 14.2 Å². The lowest BCUT2D eigenvalue weighted by Gasteiger charge is -2.06. The molecular formula is C25H27Br2Cl3O3. The van der Waals surface area contributed by atoms with Gasteiger partial charge in [0.25, 0.3) is 0 Å². The van der Waals surface area contributed by atoms with E-state index in [4.69, 9.17) is 49.0 Å². The molecule has 0 aliphatic heterocycles. The molecule has 8 heteroatoms. The molecule has 0 N–H and O–H groups in total. The molecule has 0 unspecified atom stereocenters. The Morgan fingerprint density at radius 2 is 1.12 bits per heavy atom. The van der Waals surface area contributed by atoms with Crippen LogP contribution in [0.1, 0.15) is 25.0 Å². The number of hydrogen-bond acceptors (Lipinski definition) is 3. The fourth-order valence-electron chi connectivity index (χ4n) is 2.54. The Labute approximate surface area is 228 Å². The Bertz CT molecular complexity index is 1000. The third-order valence-corrected chi connectivity index (χ3v) is 7.03. The molecule has 3 aromatic carbocycles. The molecule has 0 aliphatic carbocycles. The Morgan fingerprint density at radius 3 is 1.58 bits per heavy atom. The molecule has 0 saturated heterocycles. The average Bonchev–Trinajstić information content (AvgIpc) is 2.82. The summed E-state index contributed by atoms with van der Waals surface area (Å²) in [5, 5.41) is 2.21. The largest absolute Gasteiger partial charge is 0.497 e. The van der Waals surface area contributed by atoms with Crippen molar-refractivity contribution in [3.63, 3.8) is 0 Å². The van der Waals surface area contributed by atoms with Gasteiger partial charge in [0, 0.05) is 20.6 Å². The van der Waals surface area contributed by atoms with Gasteiger partial charge in [0.15, 0.2) is 0 Å². The minimum atomic E-state index is 0.666. The molecule has 0 radical (unpaired) electrons. The van der Waals surface area contributed by atoms with Crippen LogP contribution in [-0.4, -0.2) is 21.3 Å². The second-order valence-electron chi connectivity index (χ2n) is 6.52. The molecule has 0 spiro atoms. The molecule has 0 saturated carbocycles. The Morgan fingerprint density at radius 1 is 0.606 bits per heavy atom. The molecule has 0 atom stereocenters. The van der Waals surface area contributed by atoms with Crippen molar-refractivity contribution in [3.05, 3.63) is 83.7 Å². The summed E-state index contributed by atoms with van der Waals surface area (Å²) < 4.78 is 16.9. The summed E-state index contributed by atoms with van der Waals surface area (Å²) in [5.74, 6) is 2.36. The lowest BCUT2D eigenvalue weighted by Crippen LogP contribution is -1.88. The number of halogens is 5. The van der Waals surface area contributed by atoms with E-state index in [1.165, 1.54) is 0 Å². The highest BCUT2D eigenvalue weighted by molar-refractivity contribution is 9.10. The van der Waals surface area contributed by atoms with Gasteiger partial charge in [-0.05, 0) is 92.2 Å². The van der Waals surface area contributed by atoms with Crippen LogP contribution in [0.3, 0.4) is 0 Å². The lowest BCUT2D eigenvalue weighted by molar-refractivity contribution is 0.412. The van der Waals surface area contributed by atoms with E-state index in [9.17, 15) is 0 Å². The average molecular weight is 642 g/mol. The summed E-state index contributed by atoms with van der Waals surface area (Å²) >= 11 is 24.3. The third kappa shape index (κ3) is 9.96. The van der Waals surface area contributed by atoms with Gasteiger partial charge in [0.05, 0.1) is 30.8 Å². The van der Waals surface area contributed by atoms with Gasteiger partial charge in [-0.15, -0.1) is 0 Å². The van der Waals surface area contributed by atoms with E-state index in [-0.39, 0.29) is 0 Å². The summed E-state index contributed by atoms with van der Waals surface area (Å²) in [7, 11) is 4.87. The van der Waals surface area contributed by atoms with Crippen LogP contribution in [0.2, 0.25) is 15.1 Å². The fraction of sp³-hybridized carbons (Fsp3) is 0.280. The molecule has 0 fully saturated rings. The maximum absolute atomic E-state index is 5.98. The molecular weight excluding hydrogens is 614 g/mol. The Kier molecular flexibility index (Phi) is 14.3.